The van der Waals surface area contributed by atoms with Crippen LogP contribution in [-0.2, 0) is 4.74 Å². The van der Waals surface area contributed by atoms with Gasteiger partial charge in [0.1, 0.15) is 0 Å². The number of carbonyl (C=O) groups excluding carboxylic acids is 1. The van der Waals surface area contributed by atoms with E-state index < -0.39 is 0 Å². The average Bonchev–Trinajstić information content (AvgIpc) is 2.15. The fourth-order valence-corrected chi connectivity index (χ4v) is 0.867. The summed E-state index contributed by atoms with van der Waals surface area (Å²) in [7, 11) is 0. The number of ether oxygens (including phenoxy) is 1. The number of esters is 1. The summed E-state index contributed by atoms with van der Waals surface area (Å²) in [5.74, 6) is 0.825. The normalized spacial score (nSPS) is 10.1. The first-order chi connectivity index (χ1) is 6.20. The van der Waals surface area contributed by atoms with E-state index in [1.165, 1.54) is 0 Å². The van der Waals surface area contributed by atoms with E-state index in [-0.39, 0.29) is 5.97 Å². The SMILES string of the molecule is C[C](C)COC(=O)c1ccccc1. The highest BCUT2D eigenvalue weighted by Crippen LogP contribution is 2.03. The Kier molecular flexibility index (Phi) is 3.50. The van der Waals surface area contributed by atoms with Crippen molar-refractivity contribution in [1.29, 1.82) is 0 Å². The van der Waals surface area contributed by atoms with Gasteiger partial charge in [-0.25, -0.2) is 4.79 Å². The van der Waals surface area contributed by atoms with Crippen LogP contribution in [0.5, 0.6) is 0 Å². The molecule has 0 aliphatic heterocycles. The summed E-state index contributed by atoms with van der Waals surface area (Å²) in [5, 5.41) is 0. The van der Waals surface area contributed by atoms with Crippen LogP contribution in [0.1, 0.15) is 24.2 Å². The Morgan fingerprint density at radius 2 is 1.85 bits per heavy atom. The topological polar surface area (TPSA) is 26.3 Å². The molecule has 0 N–H and O–H groups in total. The molecule has 0 aliphatic rings. The number of benzene rings is 1. The van der Waals surface area contributed by atoms with Gasteiger partial charge in [-0.15, -0.1) is 0 Å². The van der Waals surface area contributed by atoms with E-state index in [4.69, 9.17) is 4.74 Å². The van der Waals surface area contributed by atoms with E-state index in [1.807, 2.05) is 32.0 Å². The first-order valence-electron chi connectivity index (χ1n) is 4.21. The minimum atomic E-state index is -0.262. The van der Waals surface area contributed by atoms with Gasteiger partial charge < -0.3 is 4.74 Å². The molecule has 0 bridgehead atoms. The highest BCUT2D eigenvalue weighted by molar-refractivity contribution is 5.89. The third-order valence-corrected chi connectivity index (χ3v) is 1.50. The van der Waals surface area contributed by atoms with Crippen LogP contribution in [0.3, 0.4) is 0 Å². The molecule has 0 heterocycles. The van der Waals surface area contributed by atoms with Gasteiger partial charge in [-0.05, 0) is 12.1 Å². The highest BCUT2D eigenvalue weighted by atomic mass is 16.5. The molecule has 0 spiro atoms. The van der Waals surface area contributed by atoms with Crippen LogP contribution in [0, 0.1) is 5.92 Å². The summed E-state index contributed by atoms with van der Waals surface area (Å²) < 4.78 is 5.01. The maximum Gasteiger partial charge on any atom is 0.338 e. The molecule has 69 valence electrons. The van der Waals surface area contributed by atoms with Crippen molar-refractivity contribution in [2.75, 3.05) is 6.61 Å². The third kappa shape index (κ3) is 3.28. The Morgan fingerprint density at radius 1 is 1.23 bits per heavy atom. The molecule has 0 fully saturated rings. The summed E-state index contributed by atoms with van der Waals surface area (Å²) in [4.78, 5) is 11.3. The van der Waals surface area contributed by atoms with Crippen molar-refractivity contribution in [3.63, 3.8) is 0 Å². The van der Waals surface area contributed by atoms with Crippen molar-refractivity contribution in [3.8, 4) is 0 Å². The fraction of sp³-hybridized carbons (Fsp3) is 0.273. The van der Waals surface area contributed by atoms with Gasteiger partial charge in [-0.2, -0.15) is 0 Å². The van der Waals surface area contributed by atoms with Gasteiger partial charge in [0.25, 0.3) is 0 Å². The number of hydrogen-bond donors (Lipinski definition) is 0. The lowest BCUT2D eigenvalue weighted by atomic mass is 10.2. The van der Waals surface area contributed by atoms with Gasteiger partial charge in [-0.1, -0.05) is 32.0 Å². The van der Waals surface area contributed by atoms with Gasteiger partial charge in [0, 0.05) is 5.92 Å². The Bertz CT molecular complexity index is 265. The molecule has 0 aromatic heterocycles. The van der Waals surface area contributed by atoms with Gasteiger partial charge in [-0.3, -0.25) is 0 Å². The quantitative estimate of drug-likeness (QED) is 0.663. The predicted molar refractivity (Wildman–Crippen MR) is 51.3 cm³/mol. The van der Waals surface area contributed by atoms with E-state index >= 15 is 0 Å². The second-order valence-corrected chi connectivity index (χ2v) is 3.15. The molecule has 0 aliphatic carbocycles. The molecule has 2 nitrogen and oxygen atoms in total. The lowest BCUT2D eigenvalue weighted by Gasteiger charge is -2.05. The van der Waals surface area contributed by atoms with Crippen molar-refractivity contribution in [2.45, 2.75) is 13.8 Å². The zero-order valence-electron chi connectivity index (χ0n) is 7.91. The molecule has 0 saturated carbocycles. The minimum absolute atomic E-state index is 0.262. The molecule has 13 heavy (non-hydrogen) atoms. The Labute approximate surface area is 78.5 Å². The maximum absolute atomic E-state index is 11.3. The smallest absolute Gasteiger partial charge is 0.338 e. The zero-order chi connectivity index (χ0) is 9.68. The van der Waals surface area contributed by atoms with Crippen LogP contribution in [0.15, 0.2) is 30.3 Å². The highest BCUT2D eigenvalue weighted by Gasteiger charge is 2.06. The number of carbonyl (C=O) groups is 1. The molecule has 1 aromatic rings. The minimum Gasteiger partial charge on any atom is -0.462 e. The monoisotopic (exact) mass is 177 g/mol. The number of rotatable bonds is 3. The van der Waals surface area contributed by atoms with Crippen molar-refractivity contribution >= 4 is 5.97 Å². The molecule has 0 atom stereocenters. The molecule has 2 heteroatoms. The second kappa shape index (κ2) is 4.65. The van der Waals surface area contributed by atoms with Crippen LogP contribution in [0.2, 0.25) is 0 Å². The third-order valence-electron chi connectivity index (χ3n) is 1.50. The van der Waals surface area contributed by atoms with E-state index in [0.29, 0.717) is 12.2 Å². The van der Waals surface area contributed by atoms with E-state index in [9.17, 15) is 4.79 Å². The molecular formula is C11H13O2. The van der Waals surface area contributed by atoms with Crippen LogP contribution < -0.4 is 0 Å². The number of hydrogen-bond acceptors (Lipinski definition) is 2. The second-order valence-electron chi connectivity index (χ2n) is 3.15. The van der Waals surface area contributed by atoms with Crippen molar-refractivity contribution < 1.29 is 9.53 Å². The summed E-state index contributed by atoms with van der Waals surface area (Å²) in [6.07, 6.45) is 0. The molecule has 0 amide bonds. The van der Waals surface area contributed by atoms with Crippen LogP contribution in [-0.4, -0.2) is 12.6 Å². The summed E-state index contributed by atoms with van der Waals surface area (Å²) in [6, 6.07) is 8.99. The summed E-state index contributed by atoms with van der Waals surface area (Å²) in [5.41, 5.74) is 0.601. The van der Waals surface area contributed by atoms with Gasteiger partial charge in [0.2, 0.25) is 0 Å². The average molecular weight is 177 g/mol. The van der Waals surface area contributed by atoms with E-state index in [0.717, 1.165) is 5.92 Å². The van der Waals surface area contributed by atoms with Crippen LogP contribution >= 0.6 is 0 Å². The van der Waals surface area contributed by atoms with E-state index in [1.54, 1.807) is 12.1 Å². The summed E-state index contributed by atoms with van der Waals surface area (Å²) in [6.45, 7) is 4.25. The van der Waals surface area contributed by atoms with Crippen molar-refractivity contribution in [3.05, 3.63) is 41.8 Å². The van der Waals surface area contributed by atoms with Gasteiger partial charge in [0.05, 0.1) is 12.2 Å². The lowest BCUT2D eigenvalue weighted by molar-refractivity contribution is 0.0522. The molecule has 0 unspecified atom stereocenters. The van der Waals surface area contributed by atoms with Gasteiger partial charge in [0.15, 0.2) is 0 Å². The molecule has 1 aromatic carbocycles. The zero-order valence-corrected chi connectivity index (χ0v) is 7.91. The standard InChI is InChI=1S/C11H13O2/c1-9(2)8-13-11(12)10-6-4-3-5-7-10/h3-7H,8H2,1-2H3. The maximum atomic E-state index is 11.3. The largest absolute Gasteiger partial charge is 0.462 e. The van der Waals surface area contributed by atoms with E-state index in [2.05, 4.69) is 0 Å². The molecule has 1 radical (unpaired) electrons. The Hall–Kier alpha value is -1.31. The lowest BCUT2D eigenvalue weighted by Crippen LogP contribution is -2.08. The molecular weight excluding hydrogens is 164 g/mol. The first-order valence-corrected chi connectivity index (χ1v) is 4.21. The van der Waals surface area contributed by atoms with Crippen molar-refractivity contribution in [1.82, 2.24) is 0 Å². The Balaban J connectivity index is 2.50. The van der Waals surface area contributed by atoms with Crippen molar-refractivity contribution in [2.24, 2.45) is 0 Å². The van der Waals surface area contributed by atoms with Gasteiger partial charge >= 0.3 is 5.97 Å². The fourth-order valence-electron chi connectivity index (χ4n) is 0.867. The molecule has 1 rings (SSSR count). The van der Waals surface area contributed by atoms with Crippen LogP contribution in [0.25, 0.3) is 0 Å². The van der Waals surface area contributed by atoms with Crippen LogP contribution in [0.4, 0.5) is 0 Å². The first kappa shape index (κ1) is 9.78. The Morgan fingerprint density at radius 3 is 2.38 bits per heavy atom. The predicted octanol–water partition coefficient (Wildman–Crippen LogP) is 2.46. The summed E-state index contributed by atoms with van der Waals surface area (Å²) >= 11 is 0. The molecule has 0 saturated heterocycles.